The maximum Gasteiger partial charge on any atom is 0.422 e. The van der Waals surface area contributed by atoms with Gasteiger partial charge in [-0.25, -0.2) is 0 Å². The molecule has 0 aromatic heterocycles. The number of benzene rings is 1. The lowest BCUT2D eigenvalue weighted by Gasteiger charge is -2.31. The van der Waals surface area contributed by atoms with E-state index in [0.717, 1.165) is 6.07 Å². The topological polar surface area (TPSA) is 75.8 Å². The summed E-state index contributed by atoms with van der Waals surface area (Å²) in [5.41, 5.74) is 0.0275. The van der Waals surface area contributed by atoms with Crippen LogP contribution in [0.3, 0.4) is 0 Å². The van der Waals surface area contributed by atoms with Crippen molar-refractivity contribution in [3.63, 3.8) is 0 Å². The number of aliphatic hydroxyl groups excluding tert-OH is 1. The SMILES string of the molecule is O=[N+]([O-])c1ccc(N2CCC(O)CC2)cc1OCC(F)(F)F. The van der Waals surface area contributed by atoms with Gasteiger partial charge in [-0.15, -0.1) is 0 Å². The van der Waals surface area contributed by atoms with E-state index in [-0.39, 0.29) is 0 Å². The monoisotopic (exact) mass is 320 g/mol. The van der Waals surface area contributed by atoms with E-state index in [1.165, 1.54) is 12.1 Å². The molecule has 1 N–H and O–H groups in total. The normalized spacial score (nSPS) is 16.6. The van der Waals surface area contributed by atoms with Crippen molar-refractivity contribution in [3.05, 3.63) is 28.3 Å². The van der Waals surface area contributed by atoms with E-state index in [1.807, 2.05) is 4.90 Å². The fourth-order valence-corrected chi connectivity index (χ4v) is 2.25. The molecule has 6 nitrogen and oxygen atoms in total. The number of rotatable bonds is 4. The van der Waals surface area contributed by atoms with Crippen molar-refractivity contribution in [2.45, 2.75) is 25.1 Å². The molecule has 0 aliphatic carbocycles. The predicted molar refractivity (Wildman–Crippen MR) is 72.1 cm³/mol. The first-order chi connectivity index (χ1) is 10.3. The molecule has 0 spiro atoms. The second-order valence-corrected chi connectivity index (χ2v) is 5.03. The van der Waals surface area contributed by atoms with Gasteiger partial charge < -0.3 is 14.7 Å². The summed E-state index contributed by atoms with van der Waals surface area (Å²) >= 11 is 0. The van der Waals surface area contributed by atoms with E-state index in [1.54, 1.807) is 0 Å². The number of piperidine rings is 1. The summed E-state index contributed by atoms with van der Waals surface area (Å²) in [6, 6.07) is 3.84. The minimum Gasteiger partial charge on any atom is -0.477 e. The third-order valence-electron chi connectivity index (χ3n) is 3.36. The van der Waals surface area contributed by atoms with Crippen LogP contribution in [-0.2, 0) is 0 Å². The summed E-state index contributed by atoms with van der Waals surface area (Å²) in [4.78, 5) is 11.9. The second kappa shape index (κ2) is 6.39. The first-order valence-corrected chi connectivity index (χ1v) is 6.67. The average Bonchev–Trinajstić information content (AvgIpc) is 2.44. The van der Waals surface area contributed by atoms with Gasteiger partial charge in [-0.2, -0.15) is 13.2 Å². The van der Waals surface area contributed by atoms with Crippen molar-refractivity contribution >= 4 is 11.4 Å². The van der Waals surface area contributed by atoms with Gasteiger partial charge in [0.25, 0.3) is 0 Å². The van der Waals surface area contributed by atoms with Crippen LogP contribution < -0.4 is 9.64 Å². The molecule has 1 heterocycles. The number of anilines is 1. The van der Waals surface area contributed by atoms with Crippen LogP contribution in [0.1, 0.15) is 12.8 Å². The molecule has 1 aromatic carbocycles. The summed E-state index contributed by atoms with van der Waals surface area (Å²) in [5.74, 6) is -0.411. The minimum absolute atomic E-state index is 0.393. The molecule has 122 valence electrons. The van der Waals surface area contributed by atoms with Crippen molar-refractivity contribution in [3.8, 4) is 5.75 Å². The highest BCUT2D eigenvalue weighted by molar-refractivity contribution is 5.59. The second-order valence-electron chi connectivity index (χ2n) is 5.03. The van der Waals surface area contributed by atoms with Gasteiger partial charge in [0.1, 0.15) is 0 Å². The largest absolute Gasteiger partial charge is 0.477 e. The summed E-state index contributed by atoms with van der Waals surface area (Å²) in [6.45, 7) is -0.536. The van der Waals surface area contributed by atoms with Gasteiger partial charge >= 0.3 is 11.9 Å². The van der Waals surface area contributed by atoms with Crippen LogP contribution in [0.5, 0.6) is 5.75 Å². The maximum atomic E-state index is 12.2. The Morgan fingerprint density at radius 2 is 2.00 bits per heavy atom. The average molecular weight is 320 g/mol. The lowest BCUT2D eigenvalue weighted by atomic mass is 10.1. The molecule has 1 aromatic rings. The van der Waals surface area contributed by atoms with Crippen LogP contribution in [0.25, 0.3) is 0 Å². The molecule has 1 fully saturated rings. The predicted octanol–water partition coefficient (Wildman–Crippen LogP) is 2.50. The quantitative estimate of drug-likeness (QED) is 0.681. The van der Waals surface area contributed by atoms with E-state index in [9.17, 15) is 28.4 Å². The van der Waals surface area contributed by atoms with Crippen LogP contribution in [0.2, 0.25) is 0 Å². The van der Waals surface area contributed by atoms with Gasteiger partial charge in [0.15, 0.2) is 12.4 Å². The molecule has 9 heteroatoms. The van der Waals surface area contributed by atoms with Gasteiger partial charge in [0.2, 0.25) is 0 Å². The van der Waals surface area contributed by atoms with Crippen molar-refractivity contribution in [2.75, 3.05) is 24.6 Å². The lowest BCUT2D eigenvalue weighted by molar-refractivity contribution is -0.386. The highest BCUT2D eigenvalue weighted by Gasteiger charge is 2.30. The number of nitrogens with zero attached hydrogens (tertiary/aromatic N) is 2. The molecule has 0 amide bonds. The Balaban J connectivity index is 2.21. The molecule has 1 aliphatic heterocycles. The van der Waals surface area contributed by atoms with Crippen molar-refractivity contribution < 1.29 is 27.9 Å². The molecule has 0 bridgehead atoms. The van der Waals surface area contributed by atoms with Crippen molar-refractivity contribution in [2.24, 2.45) is 0 Å². The number of halogens is 3. The number of hydrogen-bond donors (Lipinski definition) is 1. The zero-order valence-corrected chi connectivity index (χ0v) is 11.5. The molecule has 2 rings (SSSR count). The van der Waals surface area contributed by atoms with E-state index >= 15 is 0 Å². The third-order valence-corrected chi connectivity index (χ3v) is 3.36. The van der Waals surface area contributed by atoms with E-state index < -0.39 is 35.2 Å². The fourth-order valence-electron chi connectivity index (χ4n) is 2.25. The fraction of sp³-hybridized carbons (Fsp3) is 0.538. The Kier molecular flexibility index (Phi) is 4.74. The Morgan fingerprint density at radius 3 is 2.55 bits per heavy atom. The molecule has 0 unspecified atom stereocenters. The Bertz CT molecular complexity index is 543. The number of aliphatic hydroxyl groups is 1. The number of hydrogen-bond acceptors (Lipinski definition) is 5. The molecule has 0 atom stereocenters. The first-order valence-electron chi connectivity index (χ1n) is 6.67. The zero-order valence-electron chi connectivity index (χ0n) is 11.5. The Hall–Kier alpha value is -2.03. The first kappa shape index (κ1) is 16.3. The van der Waals surface area contributed by atoms with Gasteiger partial charge in [-0.1, -0.05) is 0 Å². The van der Waals surface area contributed by atoms with Crippen LogP contribution in [0, 0.1) is 10.1 Å². The Labute approximate surface area is 124 Å². The zero-order chi connectivity index (χ0) is 16.3. The number of ether oxygens (including phenoxy) is 1. The molecule has 0 saturated carbocycles. The molecule has 22 heavy (non-hydrogen) atoms. The van der Waals surface area contributed by atoms with E-state index in [0.29, 0.717) is 31.6 Å². The van der Waals surface area contributed by atoms with Gasteiger partial charge in [0.05, 0.1) is 11.0 Å². The number of alkyl halides is 3. The van der Waals surface area contributed by atoms with Crippen LogP contribution in [-0.4, -0.2) is 42.0 Å². The minimum atomic E-state index is -4.57. The summed E-state index contributed by atoms with van der Waals surface area (Å²) in [5, 5.41) is 20.3. The summed E-state index contributed by atoms with van der Waals surface area (Å²) in [7, 11) is 0. The number of nitro benzene ring substituents is 1. The molecule has 1 saturated heterocycles. The summed E-state index contributed by atoms with van der Waals surface area (Å²) < 4.78 is 41.3. The molecule has 0 radical (unpaired) electrons. The molecular formula is C13H15F3N2O4. The molecular weight excluding hydrogens is 305 g/mol. The van der Waals surface area contributed by atoms with Crippen LogP contribution in [0.4, 0.5) is 24.5 Å². The van der Waals surface area contributed by atoms with Gasteiger partial charge in [-0.05, 0) is 18.9 Å². The van der Waals surface area contributed by atoms with E-state index in [2.05, 4.69) is 4.74 Å². The van der Waals surface area contributed by atoms with Crippen LogP contribution >= 0.6 is 0 Å². The number of nitro groups is 1. The Morgan fingerprint density at radius 1 is 1.36 bits per heavy atom. The maximum absolute atomic E-state index is 12.2. The molecule has 1 aliphatic rings. The standard InChI is InChI=1S/C13H15F3N2O4/c14-13(15,16)8-22-12-7-9(1-2-11(12)18(20)21)17-5-3-10(19)4-6-17/h1-2,7,10,19H,3-6,8H2. The summed E-state index contributed by atoms with van der Waals surface area (Å²) in [6.07, 6.45) is -3.89. The smallest absolute Gasteiger partial charge is 0.422 e. The highest BCUT2D eigenvalue weighted by Crippen LogP contribution is 2.33. The van der Waals surface area contributed by atoms with E-state index in [4.69, 9.17) is 0 Å². The van der Waals surface area contributed by atoms with Crippen molar-refractivity contribution in [1.82, 2.24) is 0 Å². The third kappa shape index (κ3) is 4.23. The van der Waals surface area contributed by atoms with Gasteiger partial charge in [0, 0.05) is 30.9 Å². The lowest BCUT2D eigenvalue weighted by Crippen LogP contribution is -2.35. The van der Waals surface area contributed by atoms with Gasteiger partial charge in [-0.3, -0.25) is 10.1 Å². The van der Waals surface area contributed by atoms with Crippen molar-refractivity contribution in [1.29, 1.82) is 0 Å². The highest BCUT2D eigenvalue weighted by atomic mass is 19.4. The van der Waals surface area contributed by atoms with Crippen LogP contribution in [0.15, 0.2) is 18.2 Å².